The third kappa shape index (κ3) is 5.29. The third-order valence-corrected chi connectivity index (χ3v) is 10.2. The minimum Gasteiger partial charge on any atom is -0.450 e. The first kappa shape index (κ1) is 30.3. The maximum absolute atomic E-state index is 13.9. The lowest BCUT2D eigenvalue weighted by atomic mass is 9.96. The predicted molar refractivity (Wildman–Crippen MR) is 186 cm³/mol. The highest BCUT2D eigenvalue weighted by molar-refractivity contribution is 8.03. The number of ether oxygens (including phenoxy) is 1. The Morgan fingerprint density at radius 1 is 1.05 bits per heavy atom. The van der Waals surface area contributed by atoms with Crippen molar-refractivity contribution in [2.45, 2.75) is 51.9 Å². The van der Waals surface area contributed by atoms with Gasteiger partial charge in [-0.1, -0.05) is 66.8 Å². The van der Waals surface area contributed by atoms with E-state index >= 15 is 0 Å². The molecule has 3 N–H and O–H groups in total. The highest BCUT2D eigenvalue weighted by Gasteiger charge is 2.31. The summed E-state index contributed by atoms with van der Waals surface area (Å²) in [5.41, 5.74) is 11.0. The minimum absolute atomic E-state index is 0. The highest BCUT2D eigenvalue weighted by Crippen LogP contribution is 2.46. The Morgan fingerprint density at radius 2 is 1.95 bits per heavy atom. The third-order valence-electron chi connectivity index (χ3n) is 9.06. The number of hydrogen-bond acceptors (Lipinski definition) is 3. The molecule has 7 heteroatoms. The normalized spacial score (nSPS) is 16.2. The average molecular weight is 625 g/mol. The highest BCUT2D eigenvalue weighted by atomic mass is 35.5. The second-order valence-corrected chi connectivity index (χ2v) is 12.9. The van der Waals surface area contributed by atoms with Gasteiger partial charge in [0.1, 0.15) is 11.4 Å². The molecule has 1 amide bonds. The second kappa shape index (κ2) is 12.4. The van der Waals surface area contributed by atoms with E-state index in [2.05, 4.69) is 78.7 Å². The number of rotatable bonds is 7. The zero-order valence-electron chi connectivity index (χ0n) is 24.9. The molecule has 0 bridgehead atoms. The van der Waals surface area contributed by atoms with E-state index in [0.717, 1.165) is 70.7 Å². The molecule has 5 nitrogen and oxygen atoms in total. The molecule has 0 saturated carbocycles. The zero-order valence-corrected chi connectivity index (χ0v) is 26.5. The standard InChI is InChI=1S/C37H34N2O2S.ClH.H2O/c1-2-16-42-35-21-27-8-5-9-30-29-14-15-39(33(29)22-34(41-35)36(27)30)37(40)32-20-28-17-23(12-13-31(28)38-32)10-11-24-18-25-6-3-4-7-26(25)19-24;;/h3,5-6,8-9,12-13,17,19-22,38H,2,4,7,10-11,14-16,18H2,1H3;1H;1H2. The Bertz CT molecular complexity index is 1910. The first-order valence-electron chi connectivity index (χ1n) is 15.3. The van der Waals surface area contributed by atoms with Crippen molar-refractivity contribution in [3.05, 3.63) is 111 Å². The van der Waals surface area contributed by atoms with Crippen LogP contribution in [0.4, 0.5) is 5.69 Å². The average Bonchev–Trinajstić information content (AvgIpc) is 3.75. The number of hydrogen-bond donors (Lipinski definition) is 1. The fourth-order valence-electron chi connectivity index (χ4n) is 6.99. The van der Waals surface area contributed by atoms with Gasteiger partial charge in [0, 0.05) is 34.7 Å². The van der Waals surface area contributed by atoms with E-state index in [1.54, 1.807) is 17.3 Å². The van der Waals surface area contributed by atoms with Gasteiger partial charge in [0.2, 0.25) is 0 Å². The van der Waals surface area contributed by atoms with Crippen LogP contribution in [0.5, 0.6) is 5.75 Å². The number of aryl methyl sites for hydroxylation is 1. The molecule has 4 aliphatic rings. The summed E-state index contributed by atoms with van der Waals surface area (Å²) in [5, 5.41) is 4.37. The molecule has 0 atom stereocenters. The maximum Gasteiger partial charge on any atom is 0.274 e. The molecule has 8 rings (SSSR count). The summed E-state index contributed by atoms with van der Waals surface area (Å²) in [4.78, 5) is 19.3. The molecule has 0 fully saturated rings. The molecule has 226 valence electrons. The number of carbonyl (C=O) groups is 1. The molecule has 1 aromatic heterocycles. The molecule has 44 heavy (non-hydrogen) atoms. The Balaban J connectivity index is 0.00000171. The van der Waals surface area contributed by atoms with Crippen LogP contribution in [0.15, 0.2) is 88.6 Å². The Kier molecular flexibility index (Phi) is 8.51. The largest absolute Gasteiger partial charge is 0.450 e. The molecule has 0 saturated heterocycles. The quantitative estimate of drug-likeness (QED) is 0.223. The number of fused-ring (bicyclic) bond motifs is 3. The van der Waals surface area contributed by atoms with Crippen molar-refractivity contribution < 1.29 is 15.0 Å². The van der Waals surface area contributed by atoms with E-state index in [1.165, 1.54) is 46.1 Å². The van der Waals surface area contributed by atoms with E-state index < -0.39 is 0 Å². The Morgan fingerprint density at radius 3 is 2.82 bits per heavy atom. The van der Waals surface area contributed by atoms with Crippen LogP contribution in [0.2, 0.25) is 0 Å². The van der Waals surface area contributed by atoms with E-state index in [0.29, 0.717) is 12.2 Å². The summed E-state index contributed by atoms with van der Waals surface area (Å²) in [6.07, 6.45) is 16.7. The number of benzene rings is 3. The smallest absolute Gasteiger partial charge is 0.274 e. The number of aromatic amines is 1. The van der Waals surface area contributed by atoms with E-state index in [4.69, 9.17) is 4.74 Å². The van der Waals surface area contributed by atoms with Gasteiger partial charge in [0.05, 0.1) is 5.69 Å². The van der Waals surface area contributed by atoms with E-state index in [1.807, 2.05) is 11.0 Å². The van der Waals surface area contributed by atoms with Crippen LogP contribution in [0, 0.1) is 0 Å². The van der Waals surface area contributed by atoms with Crippen LogP contribution >= 0.6 is 24.2 Å². The Hall–Kier alpha value is -3.71. The van der Waals surface area contributed by atoms with Gasteiger partial charge >= 0.3 is 0 Å². The monoisotopic (exact) mass is 624 g/mol. The first-order chi connectivity index (χ1) is 20.6. The molecular formula is C37H37ClN2O3S. The second-order valence-electron chi connectivity index (χ2n) is 11.8. The molecule has 0 unspecified atom stereocenters. The maximum atomic E-state index is 13.9. The van der Waals surface area contributed by atoms with Crippen molar-refractivity contribution in [2.75, 3.05) is 17.2 Å². The van der Waals surface area contributed by atoms with Gasteiger partial charge in [-0.25, -0.2) is 0 Å². The number of carbonyl (C=O) groups excluding carboxylic acids is 1. The summed E-state index contributed by atoms with van der Waals surface area (Å²) in [6, 6.07) is 17.2. The van der Waals surface area contributed by atoms with Crippen LogP contribution in [-0.2, 0) is 12.8 Å². The number of H-pyrrole nitrogens is 1. The molecule has 0 spiro atoms. The van der Waals surface area contributed by atoms with Gasteiger partial charge in [-0.15, -0.1) is 12.4 Å². The predicted octanol–water partition coefficient (Wildman–Crippen LogP) is 8.86. The summed E-state index contributed by atoms with van der Waals surface area (Å²) in [6.45, 7) is 2.85. The Labute approximate surface area is 268 Å². The summed E-state index contributed by atoms with van der Waals surface area (Å²) >= 11 is 1.75. The van der Waals surface area contributed by atoms with Gasteiger partial charge in [-0.2, -0.15) is 0 Å². The van der Waals surface area contributed by atoms with Gasteiger partial charge < -0.3 is 20.1 Å². The van der Waals surface area contributed by atoms with Gasteiger partial charge in [0.25, 0.3) is 5.91 Å². The number of anilines is 1. The fourth-order valence-corrected chi connectivity index (χ4v) is 7.76. The molecule has 2 aliphatic heterocycles. The number of nitrogens with one attached hydrogen (secondary N) is 1. The van der Waals surface area contributed by atoms with Crippen LogP contribution in [0.1, 0.15) is 66.2 Å². The summed E-state index contributed by atoms with van der Waals surface area (Å²) < 4.78 is 6.38. The van der Waals surface area contributed by atoms with Crippen LogP contribution in [0.25, 0.3) is 27.8 Å². The molecule has 3 aromatic carbocycles. The molecule has 0 radical (unpaired) electrons. The fraction of sp³-hybridized carbons (Fsp3) is 0.270. The molecule has 3 heterocycles. The lowest BCUT2D eigenvalue weighted by Gasteiger charge is -2.22. The topological polar surface area (TPSA) is 76.8 Å². The number of amides is 1. The lowest BCUT2D eigenvalue weighted by molar-refractivity contribution is 0.0985. The summed E-state index contributed by atoms with van der Waals surface area (Å²) in [5.74, 6) is 1.89. The minimum atomic E-state index is 0. The number of aromatic nitrogens is 1. The van der Waals surface area contributed by atoms with Gasteiger partial charge in [0.15, 0.2) is 5.09 Å². The van der Waals surface area contributed by atoms with E-state index in [-0.39, 0.29) is 23.8 Å². The first-order valence-corrected chi connectivity index (χ1v) is 16.3. The molecule has 4 aromatic rings. The van der Waals surface area contributed by atoms with Crippen LogP contribution in [0.3, 0.4) is 0 Å². The van der Waals surface area contributed by atoms with Crippen LogP contribution < -0.4 is 9.64 Å². The van der Waals surface area contributed by atoms with Crippen molar-refractivity contribution in [3.63, 3.8) is 0 Å². The van der Waals surface area contributed by atoms with Crippen molar-refractivity contribution in [2.24, 2.45) is 0 Å². The van der Waals surface area contributed by atoms with E-state index in [9.17, 15) is 4.79 Å². The van der Waals surface area contributed by atoms with Gasteiger partial charge in [-0.3, -0.25) is 4.79 Å². The zero-order chi connectivity index (χ0) is 28.2. The summed E-state index contributed by atoms with van der Waals surface area (Å²) in [7, 11) is 0. The SMILES string of the molecule is CCCSC1=Cc2cccc3c4c(cc(c23)O1)N(C(=O)c1cc2cc(CCC3=CC5=C(C=CCC5)C3)ccc2[nH]1)CC4.Cl.O. The lowest BCUT2D eigenvalue weighted by Crippen LogP contribution is -2.29. The van der Waals surface area contributed by atoms with Crippen molar-refractivity contribution in [1.82, 2.24) is 4.98 Å². The number of halogens is 1. The van der Waals surface area contributed by atoms with Crippen molar-refractivity contribution in [1.29, 1.82) is 0 Å². The molecular weight excluding hydrogens is 588 g/mol. The number of nitrogens with zero attached hydrogens (tertiary/aromatic N) is 1. The van der Waals surface area contributed by atoms with Crippen molar-refractivity contribution >= 4 is 63.5 Å². The van der Waals surface area contributed by atoms with Crippen LogP contribution in [-0.4, -0.2) is 28.7 Å². The van der Waals surface area contributed by atoms with Crippen molar-refractivity contribution in [3.8, 4) is 5.75 Å². The molecule has 2 aliphatic carbocycles. The number of thioether (sulfide) groups is 1. The van der Waals surface area contributed by atoms with Gasteiger partial charge in [-0.05, 0) is 102 Å². The number of allylic oxidation sites excluding steroid dienone is 6.